The Morgan fingerprint density at radius 3 is 1.67 bits per heavy atom. The smallest absolute Gasteiger partial charge is 0.0107 e. The maximum absolute atomic E-state index is 2.65. The molecule has 0 heterocycles. The summed E-state index contributed by atoms with van der Waals surface area (Å²) in [7, 11) is 0. The van der Waals surface area contributed by atoms with Gasteiger partial charge in [-0.25, -0.2) is 0 Å². The molecule has 0 amide bonds. The van der Waals surface area contributed by atoms with Crippen LogP contribution in [0.2, 0.25) is 0 Å². The van der Waals surface area contributed by atoms with Gasteiger partial charge in [0.2, 0.25) is 0 Å². The quantitative estimate of drug-likeness (QED) is 0.306. The van der Waals surface area contributed by atoms with Gasteiger partial charge >= 0.3 is 0 Å². The van der Waals surface area contributed by atoms with Crippen LogP contribution < -0.4 is 0 Å². The predicted octanol–water partition coefficient (Wildman–Crippen LogP) is 7.39. The largest absolute Gasteiger partial charge is 0.0826 e. The lowest BCUT2D eigenvalue weighted by atomic mass is 9.68. The molecule has 0 aliphatic heterocycles. The third kappa shape index (κ3) is 6.03. The first kappa shape index (κ1) is 18.1. The highest BCUT2D eigenvalue weighted by Crippen LogP contribution is 2.43. The maximum Gasteiger partial charge on any atom is 0.0107 e. The minimum absolute atomic E-state index is 0.925. The SMILES string of the molecule is CCC[C@H]1CC[C@H](C2CCC(CCC(I)CC)CC2)CC1. The van der Waals surface area contributed by atoms with E-state index in [1.807, 2.05) is 0 Å². The fraction of sp³-hybridized carbons (Fsp3) is 1.00. The van der Waals surface area contributed by atoms with Crippen molar-refractivity contribution in [1.29, 1.82) is 0 Å². The van der Waals surface area contributed by atoms with E-state index in [4.69, 9.17) is 0 Å². The molecule has 0 spiro atoms. The van der Waals surface area contributed by atoms with Crippen LogP contribution in [0.15, 0.2) is 0 Å². The van der Waals surface area contributed by atoms with Crippen LogP contribution in [-0.2, 0) is 0 Å². The van der Waals surface area contributed by atoms with E-state index in [-0.39, 0.29) is 0 Å². The van der Waals surface area contributed by atoms with Crippen LogP contribution in [0.3, 0.4) is 0 Å². The molecule has 2 saturated carbocycles. The summed E-state index contributed by atoms with van der Waals surface area (Å²) in [5.74, 6) is 4.36. The van der Waals surface area contributed by atoms with Crippen molar-refractivity contribution in [2.24, 2.45) is 23.7 Å². The van der Waals surface area contributed by atoms with Crippen molar-refractivity contribution >= 4 is 22.6 Å². The molecule has 0 saturated heterocycles. The fourth-order valence-electron chi connectivity index (χ4n) is 4.93. The lowest BCUT2D eigenvalue weighted by Gasteiger charge is -2.38. The average Bonchev–Trinajstić information content (AvgIpc) is 2.54. The topological polar surface area (TPSA) is 0 Å². The molecule has 2 rings (SSSR count). The van der Waals surface area contributed by atoms with Gasteiger partial charge in [-0.1, -0.05) is 75.0 Å². The second-order valence-corrected chi connectivity index (χ2v) is 9.69. The number of hydrogen-bond acceptors (Lipinski definition) is 0. The average molecular weight is 404 g/mol. The minimum atomic E-state index is 0.925. The van der Waals surface area contributed by atoms with Gasteiger partial charge in [-0.3, -0.25) is 0 Å². The molecule has 1 heteroatoms. The van der Waals surface area contributed by atoms with E-state index in [0.717, 1.165) is 27.6 Å². The molecule has 0 aromatic carbocycles. The van der Waals surface area contributed by atoms with Crippen LogP contribution in [0, 0.1) is 23.7 Å². The molecule has 0 bridgehead atoms. The van der Waals surface area contributed by atoms with Gasteiger partial charge in [-0.05, 0) is 68.6 Å². The summed E-state index contributed by atoms with van der Waals surface area (Å²) in [6, 6.07) is 0. The molecule has 0 aromatic rings. The molecular formula is C20H37I. The molecule has 0 N–H and O–H groups in total. The summed E-state index contributed by atoms with van der Waals surface area (Å²) in [5, 5.41) is 0. The van der Waals surface area contributed by atoms with E-state index >= 15 is 0 Å². The first-order valence-electron chi connectivity index (χ1n) is 9.86. The summed E-state index contributed by atoms with van der Waals surface area (Å²) in [5.41, 5.74) is 0. The Hall–Kier alpha value is 0.730. The van der Waals surface area contributed by atoms with E-state index in [2.05, 4.69) is 36.4 Å². The third-order valence-electron chi connectivity index (χ3n) is 6.48. The monoisotopic (exact) mass is 404 g/mol. The van der Waals surface area contributed by atoms with Crippen LogP contribution in [-0.4, -0.2) is 3.92 Å². The Labute approximate surface area is 147 Å². The Kier molecular flexibility index (Phi) is 8.41. The molecular weight excluding hydrogens is 367 g/mol. The molecule has 2 fully saturated rings. The molecule has 1 unspecified atom stereocenters. The van der Waals surface area contributed by atoms with Crippen molar-refractivity contribution in [3.63, 3.8) is 0 Å². The van der Waals surface area contributed by atoms with Gasteiger partial charge < -0.3 is 0 Å². The Bertz CT molecular complexity index is 259. The van der Waals surface area contributed by atoms with E-state index in [9.17, 15) is 0 Å². The summed E-state index contributed by atoms with van der Waals surface area (Å²) < 4.78 is 0.925. The Morgan fingerprint density at radius 1 is 0.762 bits per heavy atom. The molecule has 0 nitrogen and oxygen atoms in total. The molecule has 21 heavy (non-hydrogen) atoms. The van der Waals surface area contributed by atoms with Crippen molar-refractivity contribution < 1.29 is 0 Å². The molecule has 124 valence electrons. The van der Waals surface area contributed by atoms with Gasteiger partial charge in [0.15, 0.2) is 0 Å². The maximum atomic E-state index is 2.65. The van der Waals surface area contributed by atoms with Crippen molar-refractivity contribution in [3.05, 3.63) is 0 Å². The summed E-state index contributed by atoms with van der Waals surface area (Å²) in [6.07, 6.45) is 19.7. The molecule has 0 aromatic heterocycles. The first-order chi connectivity index (χ1) is 10.2. The van der Waals surface area contributed by atoms with Crippen LogP contribution >= 0.6 is 22.6 Å². The van der Waals surface area contributed by atoms with Crippen molar-refractivity contribution in [1.82, 2.24) is 0 Å². The molecule has 2 aliphatic carbocycles. The van der Waals surface area contributed by atoms with Crippen LogP contribution in [0.1, 0.15) is 97.3 Å². The lowest BCUT2D eigenvalue weighted by Crippen LogP contribution is -2.26. The van der Waals surface area contributed by atoms with Gasteiger partial charge in [0.1, 0.15) is 0 Å². The van der Waals surface area contributed by atoms with Gasteiger partial charge in [-0.2, -0.15) is 0 Å². The zero-order valence-corrected chi connectivity index (χ0v) is 16.6. The third-order valence-corrected chi connectivity index (χ3v) is 7.98. The second kappa shape index (κ2) is 9.78. The standard InChI is InChI=1S/C20H37I/c1-3-5-16-6-11-18(12-7-16)19-13-8-17(9-14-19)10-15-20(21)4-2/h16-20H,3-15H2,1-2H3/t16-,17?,18-,19?,20?. The van der Waals surface area contributed by atoms with Gasteiger partial charge in [0.05, 0.1) is 0 Å². The highest BCUT2D eigenvalue weighted by Gasteiger charge is 2.30. The van der Waals surface area contributed by atoms with E-state index in [0.29, 0.717) is 0 Å². The van der Waals surface area contributed by atoms with Crippen molar-refractivity contribution in [2.75, 3.05) is 0 Å². The molecule has 2 aliphatic rings. The first-order valence-corrected chi connectivity index (χ1v) is 11.1. The number of rotatable bonds is 7. The van der Waals surface area contributed by atoms with E-state index in [1.165, 1.54) is 32.1 Å². The van der Waals surface area contributed by atoms with Crippen LogP contribution in [0.4, 0.5) is 0 Å². The predicted molar refractivity (Wildman–Crippen MR) is 103 cm³/mol. The van der Waals surface area contributed by atoms with Crippen molar-refractivity contribution in [2.45, 2.75) is 101 Å². The highest BCUT2D eigenvalue weighted by molar-refractivity contribution is 14.1. The molecule has 0 radical (unpaired) electrons. The summed E-state index contributed by atoms with van der Waals surface area (Å²) >= 11 is 2.65. The minimum Gasteiger partial charge on any atom is -0.0826 e. The van der Waals surface area contributed by atoms with Crippen molar-refractivity contribution in [3.8, 4) is 0 Å². The second-order valence-electron chi connectivity index (χ2n) is 7.93. The Morgan fingerprint density at radius 2 is 1.24 bits per heavy atom. The van der Waals surface area contributed by atoms with Gasteiger partial charge in [0.25, 0.3) is 0 Å². The zero-order valence-electron chi connectivity index (χ0n) is 14.5. The van der Waals surface area contributed by atoms with Gasteiger partial charge in [0, 0.05) is 3.92 Å². The molecule has 1 atom stereocenters. The zero-order chi connectivity index (χ0) is 15.1. The fourth-order valence-corrected chi connectivity index (χ4v) is 5.29. The summed E-state index contributed by atoms with van der Waals surface area (Å²) in [6.45, 7) is 4.69. The lowest BCUT2D eigenvalue weighted by molar-refractivity contribution is 0.140. The van der Waals surface area contributed by atoms with Crippen LogP contribution in [0.25, 0.3) is 0 Å². The highest BCUT2D eigenvalue weighted by atomic mass is 127. The number of alkyl halides is 1. The Balaban J connectivity index is 1.63. The van der Waals surface area contributed by atoms with Gasteiger partial charge in [-0.15, -0.1) is 0 Å². The summed E-state index contributed by atoms with van der Waals surface area (Å²) in [4.78, 5) is 0. The van der Waals surface area contributed by atoms with E-state index < -0.39 is 0 Å². The normalized spacial score (nSPS) is 35.6. The number of halogens is 1. The van der Waals surface area contributed by atoms with Crippen LogP contribution in [0.5, 0.6) is 0 Å². The van der Waals surface area contributed by atoms with E-state index in [1.54, 1.807) is 51.4 Å². The number of hydrogen-bond donors (Lipinski definition) is 0.